The highest BCUT2D eigenvalue weighted by molar-refractivity contribution is 7.14. The van der Waals surface area contributed by atoms with E-state index in [0.717, 1.165) is 57.8 Å². The average Bonchev–Trinajstić information content (AvgIpc) is 3.45. The Balaban J connectivity index is 1.29. The van der Waals surface area contributed by atoms with Crippen molar-refractivity contribution in [2.45, 2.75) is 52.1 Å². The summed E-state index contributed by atoms with van der Waals surface area (Å²) in [5.41, 5.74) is 7.17. The fourth-order valence-corrected chi connectivity index (χ4v) is 5.94. The van der Waals surface area contributed by atoms with E-state index in [1.807, 2.05) is 24.3 Å². The molecule has 188 valence electrons. The summed E-state index contributed by atoms with van der Waals surface area (Å²) < 4.78 is 12.1. The Morgan fingerprint density at radius 2 is 1.95 bits per heavy atom. The molecular weight excluding hydrogens is 488 g/mol. The second-order valence-electron chi connectivity index (χ2n) is 9.70. The van der Waals surface area contributed by atoms with Gasteiger partial charge in [-0.3, -0.25) is 9.69 Å². The van der Waals surface area contributed by atoms with Crippen molar-refractivity contribution >= 4 is 33.9 Å². The van der Waals surface area contributed by atoms with E-state index < -0.39 is 5.97 Å². The molecule has 0 spiro atoms. The summed E-state index contributed by atoms with van der Waals surface area (Å²) in [6, 6.07) is 13.5. The quantitative estimate of drug-likeness (QED) is 0.292. The highest BCUT2D eigenvalue weighted by atomic mass is 32.1. The van der Waals surface area contributed by atoms with Gasteiger partial charge in [-0.2, -0.15) is 0 Å². The smallest absolute Gasteiger partial charge is 0.336 e. The highest BCUT2D eigenvalue weighted by Gasteiger charge is 2.33. The van der Waals surface area contributed by atoms with Crippen molar-refractivity contribution in [2.75, 3.05) is 4.90 Å². The fourth-order valence-electron chi connectivity index (χ4n) is 5.02. The number of aromatic nitrogens is 1. The number of carboxylic acids is 1. The first kappa shape index (κ1) is 23.5. The topological polar surface area (TPSA) is 92.9 Å². The number of thiophene rings is 1. The van der Waals surface area contributed by atoms with E-state index in [9.17, 15) is 14.7 Å². The number of hydrogen-bond donors (Lipinski definition) is 1. The van der Waals surface area contributed by atoms with Gasteiger partial charge < -0.3 is 14.4 Å². The van der Waals surface area contributed by atoms with Crippen LogP contribution in [0.2, 0.25) is 0 Å². The molecule has 2 aromatic carbocycles. The van der Waals surface area contributed by atoms with Crippen molar-refractivity contribution in [3.63, 3.8) is 0 Å². The Morgan fingerprint density at radius 1 is 1.16 bits per heavy atom. The molecule has 2 aliphatic rings. The van der Waals surface area contributed by atoms with Crippen LogP contribution in [0.25, 0.3) is 11.3 Å². The van der Waals surface area contributed by atoms with Crippen molar-refractivity contribution in [3.8, 4) is 17.0 Å². The number of hydrogen-bond acceptors (Lipinski definition) is 6. The number of carbonyl (C=O) groups is 2. The first-order chi connectivity index (χ1) is 17.9. The number of aromatic carboxylic acids is 1. The predicted octanol–water partition coefficient (Wildman–Crippen LogP) is 6.79. The number of amides is 1. The summed E-state index contributed by atoms with van der Waals surface area (Å²) in [7, 11) is 0. The molecule has 1 aliphatic carbocycles. The van der Waals surface area contributed by atoms with Gasteiger partial charge >= 0.3 is 5.97 Å². The molecule has 7 nitrogen and oxygen atoms in total. The Kier molecular flexibility index (Phi) is 5.83. The van der Waals surface area contributed by atoms with E-state index in [-0.39, 0.29) is 11.5 Å². The number of ether oxygens (including phenoxy) is 1. The third-order valence-electron chi connectivity index (χ3n) is 7.07. The fraction of sp³-hybridized carbons (Fsp3) is 0.276. The number of carboxylic acid groups (broad SMARTS) is 1. The number of anilines is 2. The Hall–Kier alpha value is -3.91. The van der Waals surface area contributed by atoms with Gasteiger partial charge in [0.1, 0.15) is 28.8 Å². The lowest BCUT2D eigenvalue weighted by Gasteiger charge is -2.28. The molecule has 1 amide bonds. The van der Waals surface area contributed by atoms with E-state index in [2.05, 4.69) is 31.1 Å². The van der Waals surface area contributed by atoms with Gasteiger partial charge in [-0.05, 0) is 74.1 Å². The van der Waals surface area contributed by atoms with Crippen LogP contribution in [0.3, 0.4) is 0 Å². The van der Waals surface area contributed by atoms with E-state index in [0.29, 0.717) is 36.1 Å². The first-order valence-electron chi connectivity index (χ1n) is 12.4. The molecule has 1 N–H and O–H groups in total. The summed E-state index contributed by atoms with van der Waals surface area (Å²) in [5, 5.41) is 15.9. The second kappa shape index (κ2) is 9.19. The van der Waals surface area contributed by atoms with E-state index >= 15 is 0 Å². The Morgan fingerprint density at radius 3 is 2.65 bits per heavy atom. The van der Waals surface area contributed by atoms with E-state index in [4.69, 9.17) is 9.26 Å². The molecular formula is C29H26N2O5S. The number of nitrogens with zero attached hydrogens (tertiary/aromatic N) is 2. The van der Waals surface area contributed by atoms with Crippen molar-refractivity contribution in [1.29, 1.82) is 0 Å². The van der Waals surface area contributed by atoms with Crippen LogP contribution in [0.4, 0.5) is 10.7 Å². The van der Waals surface area contributed by atoms with Crippen molar-refractivity contribution in [3.05, 3.63) is 81.4 Å². The molecule has 0 radical (unpaired) electrons. The minimum atomic E-state index is -1.00. The molecule has 0 unspecified atom stereocenters. The van der Waals surface area contributed by atoms with Gasteiger partial charge in [-0.15, -0.1) is 11.3 Å². The van der Waals surface area contributed by atoms with Crippen LogP contribution in [-0.4, -0.2) is 22.1 Å². The number of carbonyl (C=O) groups excluding carboxylic acids is 1. The Bertz CT molecular complexity index is 1510. The zero-order valence-corrected chi connectivity index (χ0v) is 21.4. The number of benzene rings is 2. The molecule has 1 aliphatic heterocycles. The number of fused-ring (bicyclic) bond motifs is 1. The highest BCUT2D eigenvalue weighted by Crippen LogP contribution is 2.45. The lowest BCUT2D eigenvalue weighted by molar-refractivity contribution is -0.118. The zero-order chi connectivity index (χ0) is 25.7. The van der Waals surface area contributed by atoms with Crippen LogP contribution < -0.4 is 9.64 Å². The predicted molar refractivity (Wildman–Crippen MR) is 141 cm³/mol. The van der Waals surface area contributed by atoms with Crippen LogP contribution in [0.15, 0.2) is 52.4 Å². The molecule has 2 aromatic heterocycles. The SMILES string of the molecule is Cc1cccc(C)c1-c1noc(C2CC2)c1COc1ccc2c(c1)CCC(=O)N2c1cc(C(=O)O)cs1. The number of rotatable bonds is 7. The normalized spacial score (nSPS) is 15.1. The van der Waals surface area contributed by atoms with Gasteiger partial charge in [-0.25, -0.2) is 4.79 Å². The minimum absolute atomic E-state index is 0.0447. The maximum Gasteiger partial charge on any atom is 0.336 e. The number of aryl methyl sites for hydroxylation is 3. The van der Waals surface area contributed by atoms with E-state index in [1.54, 1.807) is 16.3 Å². The molecule has 37 heavy (non-hydrogen) atoms. The van der Waals surface area contributed by atoms with Gasteiger partial charge in [0.05, 0.1) is 16.8 Å². The lowest BCUT2D eigenvalue weighted by atomic mass is 9.96. The molecule has 8 heteroatoms. The van der Waals surface area contributed by atoms with Crippen LogP contribution in [-0.2, 0) is 17.8 Å². The largest absolute Gasteiger partial charge is 0.489 e. The maximum atomic E-state index is 12.8. The molecule has 3 heterocycles. The summed E-state index contributed by atoms with van der Waals surface area (Å²) in [5.74, 6) is 0.973. The van der Waals surface area contributed by atoms with Crippen LogP contribution in [0.1, 0.15) is 63.6 Å². The van der Waals surface area contributed by atoms with Crippen LogP contribution in [0.5, 0.6) is 5.75 Å². The Labute approximate surface area is 218 Å². The minimum Gasteiger partial charge on any atom is -0.489 e. The molecule has 0 atom stereocenters. The third-order valence-corrected chi connectivity index (χ3v) is 7.98. The molecule has 0 saturated heterocycles. The zero-order valence-electron chi connectivity index (χ0n) is 20.6. The average molecular weight is 515 g/mol. The van der Waals surface area contributed by atoms with Crippen molar-refractivity contribution in [2.24, 2.45) is 0 Å². The second-order valence-corrected chi connectivity index (χ2v) is 10.6. The lowest BCUT2D eigenvalue weighted by Crippen LogP contribution is -2.30. The van der Waals surface area contributed by atoms with Crippen molar-refractivity contribution < 1.29 is 24.0 Å². The van der Waals surface area contributed by atoms with Gasteiger partial charge in [-0.1, -0.05) is 23.4 Å². The van der Waals surface area contributed by atoms with Gasteiger partial charge in [0.15, 0.2) is 0 Å². The molecule has 1 fully saturated rings. The van der Waals surface area contributed by atoms with Gasteiger partial charge in [0, 0.05) is 23.3 Å². The summed E-state index contributed by atoms with van der Waals surface area (Å²) >= 11 is 1.25. The first-order valence-corrected chi connectivity index (χ1v) is 13.2. The molecule has 0 bridgehead atoms. The van der Waals surface area contributed by atoms with Crippen molar-refractivity contribution in [1.82, 2.24) is 5.16 Å². The molecule has 1 saturated carbocycles. The molecule has 6 rings (SSSR count). The van der Waals surface area contributed by atoms with Crippen LogP contribution in [0, 0.1) is 13.8 Å². The summed E-state index contributed by atoms with van der Waals surface area (Å²) in [6.45, 7) is 4.51. The van der Waals surface area contributed by atoms with Gasteiger partial charge in [0.2, 0.25) is 5.91 Å². The summed E-state index contributed by atoms with van der Waals surface area (Å²) in [6.07, 6.45) is 3.16. The van der Waals surface area contributed by atoms with E-state index in [1.165, 1.54) is 11.3 Å². The van der Waals surface area contributed by atoms with Gasteiger partial charge in [0.25, 0.3) is 0 Å². The molecule has 4 aromatic rings. The maximum absolute atomic E-state index is 12.8. The summed E-state index contributed by atoms with van der Waals surface area (Å²) in [4.78, 5) is 25.7. The monoisotopic (exact) mass is 514 g/mol. The standard InChI is InChI=1S/C29H26N2O5S/c1-16-4-3-5-17(2)26(16)27-22(28(36-30-27)18-6-7-18)14-35-21-9-10-23-19(12-21)8-11-24(32)31(23)25-13-20(15-37-25)29(33)34/h3-5,9-10,12-13,15,18H,6-8,11,14H2,1-2H3,(H,33,34). The third kappa shape index (κ3) is 4.31. The van der Waals surface area contributed by atoms with Crippen LogP contribution >= 0.6 is 11.3 Å².